The van der Waals surface area contributed by atoms with Crippen LogP contribution in [0.15, 0.2) is 60.8 Å². The zero-order chi connectivity index (χ0) is 56.4. The van der Waals surface area contributed by atoms with E-state index in [4.69, 9.17) is 14.2 Å². The summed E-state index contributed by atoms with van der Waals surface area (Å²) in [5.41, 5.74) is 0. The molecule has 0 bridgehead atoms. The van der Waals surface area contributed by atoms with Gasteiger partial charge in [0, 0.05) is 19.3 Å². The van der Waals surface area contributed by atoms with Gasteiger partial charge in [-0.2, -0.15) is 0 Å². The van der Waals surface area contributed by atoms with Crippen LogP contribution in [0.2, 0.25) is 0 Å². The lowest BCUT2D eigenvalue weighted by molar-refractivity contribution is -0.167. The van der Waals surface area contributed by atoms with Crippen LogP contribution < -0.4 is 0 Å². The van der Waals surface area contributed by atoms with Gasteiger partial charge in [-0.25, -0.2) is 0 Å². The molecule has 0 aliphatic rings. The monoisotopic (exact) mass is 1090 g/mol. The van der Waals surface area contributed by atoms with Crippen LogP contribution in [0.25, 0.3) is 0 Å². The first-order valence-electron chi connectivity index (χ1n) is 34.3. The van der Waals surface area contributed by atoms with Crippen molar-refractivity contribution < 1.29 is 28.6 Å². The zero-order valence-electron chi connectivity index (χ0n) is 52.2. The highest BCUT2D eigenvalue weighted by molar-refractivity contribution is 5.71. The number of allylic oxidation sites excluding steroid dienone is 10. The molecule has 6 heteroatoms. The molecule has 0 aliphatic carbocycles. The normalized spacial score (nSPS) is 12.4. The van der Waals surface area contributed by atoms with E-state index in [0.29, 0.717) is 19.3 Å². The summed E-state index contributed by atoms with van der Waals surface area (Å²) in [4.78, 5) is 38.4. The first-order valence-corrected chi connectivity index (χ1v) is 34.3. The maximum atomic E-state index is 12.9. The Morgan fingerprint density at radius 3 is 0.795 bits per heavy atom. The fraction of sp³-hybridized carbons (Fsp3) is 0.819. The van der Waals surface area contributed by atoms with Crippen molar-refractivity contribution in [3.05, 3.63) is 60.8 Å². The number of hydrogen-bond donors (Lipinski definition) is 0. The summed E-state index contributed by atoms with van der Waals surface area (Å²) in [5.74, 6) is -0.864. The zero-order valence-corrected chi connectivity index (χ0v) is 52.2. The summed E-state index contributed by atoms with van der Waals surface area (Å²) in [6, 6.07) is 0. The molecule has 454 valence electrons. The Morgan fingerprint density at radius 2 is 0.500 bits per heavy atom. The lowest BCUT2D eigenvalue weighted by atomic mass is 10.0. The molecule has 0 amide bonds. The molecule has 0 aromatic rings. The molecule has 0 spiro atoms. The van der Waals surface area contributed by atoms with Gasteiger partial charge in [0.15, 0.2) is 6.10 Å². The Labute approximate surface area is 485 Å². The third kappa shape index (κ3) is 63.9. The molecule has 0 aromatic carbocycles. The van der Waals surface area contributed by atoms with Crippen molar-refractivity contribution >= 4 is 17.9 Å². The first kappa shape index (κ1) is 75.1. The van der Waals surface area contributed by atoms with Crippen LogP contribution >= 0.6 is 0 Å². The molecule has 0 rings (SSSR count). The van der Waals surface area contributed by atoms with Crippen molar-refractivity contribution in [2.24, 2.45) is 0 Å². The molecule has 0 heterocycles. The van der Waals surface area contributed by atoms with E-state index in [2.05, 4.69) is 81.5 Å². The highest BCUT2D eigenvalue weighted by Crippen LogP contribution is 2.18. The number of unbranched alkanes of at least 4 members (excludes halogenated alkanes) is 42. The molecule has 0 aliphatic heterocycles. The van der Waals surface area contributed by atoms with Crippen molar-refractivity contribution in [3.8, 4) is 0 Å². The van der Waals surface area contributed by atoms with Gasteiger partial charge in [-0.1, -0.05) is 319 Å². The van der Waals surface area contributed by atoms with Crippen LogP contribution in [0.5, 0.6) is 0 Å². The molecule has 78 heavy (non-hydrogen) atoms. The van der Waals surface area contributed by atoms with Crippen molar-refractivity contribution in [2.45, 2.75) is 367 Å². The predicted molar refractivity (Wildman–Crippen MR) is 339 cm³/mol. The Bertz CT molecular complexity index is 1390. The van der Waals surface area contributed by atoms with E-state index < -0.39 is 6.10 Å². The van der Waals surface area contributed by atoms with Gasteiger partial charge in [0.1, 0.15) is 13.2 Å². The quantitative estimate of drug-likeness (QED) is 0.0261. The molecule has 0 radical (unpaired) electrons. The van der Waals surface area contributed by atoms with Crippen molar-refractivity contribution in [3.63, 3.8) is 0 Å². The van der Waals surface area contributed by atoms with E-state index in [1.165, 1.54) is 231 Å². The van der Waals surface area contributed by atoms with Gasteiger partial charge in [0.2, 0.25) is 0 Å². The third-order valence-electron chi connectivity index (χ3n) is 15.3. The largest absolute Gasteiger partial charge is 0.462 e. The van der Waals surface area contributed by atoms with Gasteiger partial charge in [-0.15, -0.1) is 0 Å². The number of hydrogen-bond acceptors (Lipinski definition) is 6. The number of ether oxygens (including phenoxy) is 3. The topological polar surface area (TPSA) is 78.9 Å². The summed E-state index contributed by atoms with van der Waals surface area (Å²) in [7, 11) is 0. The van der Waals surface area contributed by atoms with Crippen LogP contribution in [-0.4, -0.2) is 37.2 Å². The summed E-state index contributed by atoms with van der Waals surface area (Å²) in [6.07, 6.45) is 85.2. The second-order valence-electron chi connectivity index (χ2n) is 23.1. The summed E-state index contributed by atoms with van der Waals surface area (Å²) >= 11 is 0. The second-order valence-corrected chi connectivity index (χ2v) is 23.1. The van der Waals surface area contributed by atoms with E-state index in [9.17, 15) is 14.4 Å². The Kier molecular flexibility index (Phi) is 64.2. The highest BCUT2D eigenvalue weighted by Gasteiger charge is 2.19. The van der Waals surface area contributed by atoms with Gasteiger partial charge in [0.05, 0.1) is 0 Å². The average molecular weight is 1090 g/mol. The number of carbonyl (C=O) groups is 3. The smallest absolute Gasteiger partial charge is 0.306 e. The third-order valence-corrected chi connectivity index (χ3v) is 15.3. The van der Waals surface area contributed by atoms with Gasteiger partial charge in [-0.05, 0) is 83.5 Å². The van der Waals surface area contributed by atoms with E-state index >= 15 is 0 Å². The Balaban J connectivity index is 4.34. The van der Waals surface area contributed by atoms with Gasteiger partial charge in [-0.3, -0.25) is 14.4 Å². The summed E-state index contributed by atoms with van der Waals surface area (Å²) in [5, 5.41) is 0. The molecule has 0 saturated heterocycles. The molecule has 1 unspecified atom stereocenters. The predicted octanol–water partition coefficient (Wildman–Crippen LogP) is 23.5. The molecule has 0 saturated carbocycles. The maximum Gasteiger partial charge on any atom is 0.306 e. The van der Waals surface area contributed by atoms with Crippen molar-refractivity contribution in [2.75, 3.05) is 13.2 Å². The van der Waals surface area contributed by atoms with Crippen LogP contribution in [-0.2, 0) is 28.6 Å². The minimum Gasteiger partial charge on any atom is -0.462 e. The van der Waals surface area contributed by atoms with E-state index in [-0.39, 0.29) is 31.1 Å². The van der Waals surface area contributed by atoms with E-state index in [1.54, 1.807) is 0 Å². The van der Waals surface area contributed by atoms with Crippen LogP contribution in [0.3, 0.4) is 0 Å². The fourth-order valence-corrected chi connectivity index (χ4v) is 10.1. The number of carbonyl (C=O) groups excluding carboxylic acids is 3. The minimum atomic E-state index is -0.781. The Hall–Kier alpha value is -2.89. The minimum absolute atomic E-state index is 0.0750. The molecule has 1 atom stereocenters. The summed E-state index contributed by atoms with van der Waals surface area (Å²) in [6.45, 7) is 6.58. The fourth-order valence-electron chi connectivity index (χ4n) is 10.1. The lowest BCUT2D eigenvalue weighted by Crippen LogP contribution is -2.30. The standard InChI is InChI=1S/C72H130O6/c1-4-7-10-13-16-19-22-25-28-31-33-35-37-38-41-44-47-50-53-56-59-62-65-71(74)77-68-69(67-76-70(73)64-61-58-55-52-49-46-43-40-30-27-24-21-18-15-12-9-6-3)78-72(75)66-63-60-57-54-51-48-45-42-39-36-34-32-29-26-23-20-17-14-11-8-5-2/h8,11,17,20,26-27,29-30,34,36,69H,4-7,9-10,12-16,18-19,21-25,28,31-33,35,37-68H2,1-3H3/b11-8-,20-17-,29-26-,30-27-,36-34-. The maximum absolute atomic E-state index is 12.9. The molecule has 6 nitrogen and oxygen atoms in total. The van der Waals surface area contributed by atoms with Crippen LogP contribution in [0, 0.1) is 0 Å². The van der Waals surface area contributed by atoms with E-state index in [0.717, 1.165) is 89.9 Å². The number of esters is 3. The molecular formula is C72H130O6. The SMILES string of the molecule is CC/C=C\C/C=C\C/C=C\C/C=C\CCCCCCCCCCC(=O)OC(COC(=O)CCCCCCCCC/C=C\CCCCCCCC)COC(=O)CCCCCCCCCCCCCCCCCCCCCCCC. The lowest BCUT2D eigenvalue weighted by Gasteiger charge is -2.18. The van der Waals surface area contributed by atoms with Crippen LogP contribution in [0.4, 0.5) is 0 Å². The molecule has 0 fully saturated rings. The first-order chi connectivity index (χ1) is 38.5. The molecule has 0 aromatic heterocycles. The van der Waals surface area contributed by atoms with E-state index in [1.807, 2.05) is 0 Å². The second kappa shape index (κ2) is 66.6. The number of rotatable bonds is 63. The molecular weight excluding hydrogens is 961 g/mol. The van der Waals surface area contributed by atoms with Gasteiger partial charge in [0.25, 0.3) is 0 Å². The highest BCUT2D eigenvalue weighted by atomic mass is 16.6. The Morgan fingerprint density at radius 1 is 0.269 bits per heavy atom. The summed E-state index contributed by atoms with van der Waals surface area (Å²) < 4.78 is 17.0. The molecule has 0 N–H and O–H groups in total. The average Bonchev–Trinajstić information content (AvgIpc) is 3.44. The van der Waals surface area contributed by atoms with Crippen molar-refractivity contribution in [1.82, 2.24) is 0 Å². The van der Waals surface area contributed by atoms with Crippen molar-refractivity contribution in [1.29, 1.82) is 0 Å². The van der Waals surface area contributed by atoms with Gasteiger partial charge >= 0.3 is 17.9 Å². The van der Waals surface area contributed by atoms with Gasteiger partial charge < -0.3 is 14.2 Å². The van der Waals surface area contributed by atoms with Crippen LogP contribution in [0.1, 0.15) is 361 Å².